The highest BCUT2D eigenvalue weighted by atomic mass is 32.2. The van der Waals surface area contributed by atoms with Crippen molar-refractivity contribution in [1.82, 2.24) is 4.31 Å². The Balaban J connectivity index is 2.00. The van der Waals surface area contributed by atoms with Crippen molar-refractivity contribution in [2.24, 2.45) is 11.8 Å². The number of ether oxygens (including phenoxy) is 1. The van der Waals surface area contributed by atoms with E-state index in [0.717, 1.165) is 12.0 Å². The van der Waals surface area contributed by atoms with Crippen LogP contribution in [-0.4, -0.2) is 37.4 Å². The van der Waals surface area contributed by atoms with Gasteiger partial charge in [0, 0.05) is 6.42 Å². The van der Waals surface area contributed by atoms with Crippen molar-refractivity contribution in [3.05, 3.63) is 29.8 Å². The highest BCUT2D eigenvalue weighted by molar-refractivity contribution is 7.89. The minimum Gasteiger partial charge on any atom is -0.360 e. The average Bonchev–Trinajstić information content (AvgIpc) is 3.13. The number of hydrogen-bond donors (Lipinski definition) is 0. The lowest BCUT2D eigenvalue weighted by Gasteiger charge is -2.31. The molecule has 0 amide bonds. The summed E-state index contributed by atoms with van der Waals surface area (Å²) in [5.41, 5.74) is 1.01. The Hall–Kier alpha value is -1.24. The predicted molar refractivity (Wildman–Crippen MR) is 90.9 cm³/mol. The molecule has 0 N–H and O–H groups in total. The molecular formula is C18H25NO4S. The van der Waals surface area contributed by atoms with E-state index in [4.69, 9.17) is 4.74 Å². The number of aryl methyl sites for hydroxylation is 1. The topological polar surface area (TPSA) is 63.7 Å². The second kappa shape index (κ2) is 6.58. The summed E-state index contributed by atoms with van der Waals surface area (Å²) in [4.78, 5) is 12.5. The maximum absolute atomic E-state index is 13.3. The molecule has 6 heteroatoms. The van der Waals surface area contributed by atoms with Crippen LogP contribution in [0.1, 0.15) is 38.7 Å². The first-order valence-corrected chi connectivity index (χ1v) is 10.0. The molecule has 1 saturated heterocycles. The lowest BCUT2D eigenvalue weighted by molar-refractivity contribution is -0.125. The van der Waals surface area contributed by atoms with Crippen LogP contribution in [0.5, 0.6) is 0 Å². The van der Waals surface area contributed by atoms with Crippen LogP contribution in [0.3, 0.4) is 0 Å². The molecule has 5 nitrogen and oxygen atoms in total. The van der Waals surface area contributed by atoms with E-state index in [9.17, 15) is 13.2 Å². The SMILES string of the molecule is Cc1ccc(S(=O)(=O)N2[C@@H](C(C)C)CO[C@H]2[C@H]2CCCC2=O)cc1. The summed E-state index contributed by atoms with van der Waals surface area (Å²) in [6.07, 6.45) is 1.37. The van der Waals surface area contributed by atoms with Crippen molar-refractivity contribution in [2.45, 2.75) is 57.2 Å². The van der Waals surface area contributed by atoms with Gasteiger partial charge in [-0.3, -0.25) is 4.79 Å². The molecule has 1 saturated carbocycles. The van der Waals surface area contributed by atoms with Crippen LogP contribution in [-0.2, 0) is 19.6 Å². The third kappa shape index (κ3) is 3.03. The van der Waals surface area contributed by atoms with Gasteiger partial charge in [-0.15, -0.1) is 0 Å². The van der Waals surface area contributed by atoms with Gasteiger partial charge in [-0.2, -0.15) is 4.31 Å². The van der Waals surface area contributed by atoms with Crippen molar-refractivity contribution in [3.8, 4) is 0 Å². The van der Waals surface area contributed by atoms with Crippen LogP contribution in [0, 0.1) is 18.8 Å². The van der Waals surface area contributed by atoms with Crippen molar-refractivity contribution in [2.75, 3.05) is 6.61 Å². The number of hydrogen-bond acceptors (Lipinski definition) is 4. The number of sulfonamides is 1. The van der Waals surface area contributed by atoms with E-state index >= 15 is 0 Å². The van der Waals surface area contributed by atoms with Gasteiger partial charge in [0.1, 0.15) is 12.0 Å². The Morgan fingerprint density at radius 1 is 1.21 bits per heavy atom. The van der Waals surface area contributed by atoms with Gasteiger partial charge >= 0.3 is 0 Å². The molecule has 0 bridgehead atoms. The molecule has 0 unspecified atom stereocenters. The summed E-state index contributed by atoms with van der Waals surface area (Å²) in [7, 11) is -3.70. The van der Waals surface area contributed by atoms with Crippen molar-refractivity contribution >= 4 is 15.8 Å². The van der Waals surface area contributed by atoms with Crippen LogP contribution < -0.4 is 0 Å². The molecule has 3 rings (SSSR count). The monoisotopic (exact) mass is 351 g/mol. The van der Waals surface area contributed by atoms with E-state index in [2.05, 4.69) is 0 Å². The van der Waals surface area contributed by atoms with Gasteiger partial charge < -0.3 is 4.74 Å². The van der Waals surface area contributed by atoms with Crippen molar-refractivity contribution in [1.29, 1.82) is 0 Å². The molecule has 2 fully saturated rings. The fraction of sp³-hybridized carbons (Fsp3) is 0.611. The molecule has 2 aliphatic rings. The Morgan fingerprint density at radius 2 is 1.88 bits per heavy atom. The quantitative estimate of drug-likeness (QED) is 0.837. The van der Waals surface area contributed by atoms with Crippen molar-refractivity contribution < 1.29 is 17.9 Å². The van der Waals surface area contributed by atoms with Gasteiger partial charge in [-0.05, 0) is 37.8 Å². The Labute approximate surface area is 144 Å². The summed E-state index contributed by atoms with van der Waals surface area (Å²) < 4.78 is 33.9. The number of nitrogens with zero attached hydrogens (tertiary/aromatic N) is 1. The second-order valence-corrected chi connectivity index (χ2v) is 8.99. The summed E-state index contributed by atoms with van der Waals surface area (Å²) in [5.74, 6) is -0.103. The average molecular weight is 351 g/mol. The van der Waals surface area contributed by atoms with E-state index in [1.807, 2.05) is 20.8 Å². The molecule has 24 heavy (non-hydrogen) atoms. The van der Waals surface area contributed by atoms with Crippen LogP contribution >= 0.6 is 0 Å². The third-order valence-corrected chi connectivity index (χ3v) is 6.98. The molecule has 1 aliphatic heterocycles. The number of Topliss-reactive ketones (excluding diaryl/α,β-unsaturated/α-hetero) is 1. The van der Waals surface area contributed by atoms with E-state index in [1.54, 1.807) is 24.3 Å². The molecule has 1 aliphatic carbocycles. The number of carbonyl (C=O) groups excluding carboxylic acids is 1. The standard InChI is InChI=1S/C18H25NO4S/c1-12(2)16-11-23-18(15-5-4-6-17(15)20)19(16)24(21,22)14-9-7-13(3)8-10-14/h7-10,12,15-16,18H,4-6,11H2,1-3H3/t15-,16+,18-/m0/s1. The molecule has 3 atom stereocenters. The fourth-order valence-corrected chi connectivity index (χ4v) is 5.47. The van der Waals surface area contributed by atoms with Crippen LogP contribution in [0.2, 0.25) is 0 Å². The first-order chi connectivity index (χ1) is 11.3. The lowest BCUT2D eigenvalue weighted by atomic mass is 10.0. The largest absolute Gasteiger partial charge is 0.360 e. The smallest absolute Gasteiger partial charge is 0.245 e. The van der Waals surface area contributed by atoms with Gasteiger partial charge in [0.2, 0.25) is 10.0 Å². The Kier molecular flexibility index (Phi) is 4.82. The normalized spacial score (nSPS) is 28.8. The fourth-order valence-electron chi connectivity index (χ4n) is 3.60. The van der Waals surface area contributed by atoms with Gasteiger partial charge in [0.25, 0.3) is 0 Å². The summed E-state index contributed by atoms with van der Waals surface area (Å²) in [6, 6.07) is 6.62. The Bertz CT molecular complexity index is 711. The zero-order chi connectivity index (χ0) is 17.5. The second-order valence-electron chi connectivity index (χ2n) is 7.15. The van der Waals surface area contributed by atoms with Gasteiger partial charge in [0.05, 0.1) is 23.5 Å². The third-order valence-electron chi connectivity index (χ3n) is 5.08. The van der Waals surface area contributed by atoms with Gasteiger partial charge in [-0.25, -0.2) is 8.42 Å². The summed E-state index contributed by atoms with van der Waals surface area (Å²) in [6.45, 7) is 6.25. The first kappa shape index (κ1) is 17.6. The highest BCUT2D eigenvalue weighted by Gasteiger charge is 2.50. The van der Waals surface area contributed by atoms with Crippen LogP contribution in [0.15, 0.2) is 29.2 Å². The van der Waals surface area contributed by atoms with Crippen molar-refractivity contribution in [3.63, 3.8) is 0 Å². The van der Waals surface area contributed by atoms with Gasteiger partial charge in [0.15, 0.2) is 0 Å². The van der Waals surface area contributed by atoms with Crippen LogP contribution in [0.4, 0.5) is 0 Å². The minimum absolute atomic E-state index is 0.117. The molecule has 1 heterocycles. The van der Waals surface area contributed by atoms with Gasteiger partial charge in [-0.1, -0.05) is 31.5 Å². The molecule has 0 spiro atoms. The molecule has 1 aromatic rings. The zero-order valence-corrected chi connectivity index (χ0v) is 15.3. The van der Waals surface area contributed by atoms with E-state index in [1.165, 1.54) is 4.31 Å². The predicted octanol–water partition coefficient (Wildman–Crippen LogP) is 2.74. The maximum atomic E-state index is 13.3. The maximum Gasteiger partial charge on any atom is 0.245 e. The van der Waals surface area contributed by atoms with E-state index < -0.39 is 16.3 Å². The number of carbonyl (C=O) groups is 1. The lowest BCUT2D eigenvalue weighted by Crippen LogP contribution is -2.47. The summed E-state index contributed by atoms with van der Waals surface area (Å²) >= 11 is 0. The molecule has 0 radical (unpaired) electrons. The first-order valence-electron chi connectivity index (χ1n) is 8.57. The van der Waals surface area contributed by atoms with Crippen LogP contribution in [0.25, 0.3) is 0 Å². The van der Waals surface area contributed by atoms with E-state index in [0.29, 0.717) is 19.4 Å². The molecular weight excluding hydrogens is 326 g/mol. The summed E-state index contributed by atoms with van der Waals surface area (Å²) in [5, 5.41) is 0. The molecule has 0 aromatic heterocycles. The number of ketones is 1. The van der Waals surface area contributed by atoms with E-state index in [-0.39, 0.29) is 28.6 Å². The number of rotatable bonds is 4. The minimum atomic E-state index is -3.70. The Morgan fingerprint density at radius 3 is 2.42 bits per heavy atom. The number of benzene rings is 1. The molecule has 132 valence electrons. The zero-order valence-electron chi connectivity index (χ0n) is 14.4. The highest BCUT2D eigenvalue weighted by Crippen LogP contribution is 2.38. The molecule has 1 aromatic carbocycles.